The van der Waals surface area contributed by atoms with Gasteiger partial charge in [-0.25, -0.2) is 9.59 Å². The number of ether oxygens (including phenoxy) is 2. The van der Waals surface area contributed by atoms with E-state index in [0.717, 1.165) is 22.3 Å². The van der Waals surface area contributed by atoms with Crippen LogP contribution in [0.25, 0.3) is 11.1 Å². The molecule has 0 radical (unpaired) electrons. The van der Waals surface area contributed by atoms with Gasteiger partial charge in [-0.15, -0.1) is 0 Å². The molecule has 4 rings (SSSR count). The van der Waals surface area contributed by atoms with Gasteiger partial charge in [-0.3, -0.25) is 4.79 Å². The van der Waals surface area contributed by atoms with E-state index >= 15 is 0 Å². The zero-order valence-electron chi connectivity index (χ0n) is 20.2. The molecule has 8 heteroatoms. The van der Waals surface area contributed by atoms with Crippen molar-refractivity contribution in [3.8, 4) is 11.1 Å². The molecule has 8 nitrogen and oxygen atoms in total. The van der Waals surface area contributed by atoms with Crippen LogP contribution in [0.2, 0.25) is 0 Å². The van der Waals surface area contributed by atoms with Crippen molar-refractivity contribution in [2.45, 2.75) is 57.7 Å². The number of aliphatic carboxylic acids is 1. The van der Waals surface area contributed by atoms with Crippen LogP contribution in [-0.2, 0) is 19.1 Å². The molecule has 0 saturated carbocycles. The van der Waals surface area contributed by atoms with Gasteiger partial charge in [0.1, 0.15) is 6.61 Å². The quantitative estimate of drug-likeness (QED) is 0.557. The topological polar surface area (TPSA) is 114 Å². The fourth-order valence-corrected chi connectivity index (χ4v) is 4.79. The lowest BCUT2D eigenvalue weighted by Gasteiger charge is -2.31. The minimum atomic E-state index is -1.10. The summed E-state index contributed by atoms with van der Waals surface area (Å²) in [5, 5.41) is 14.8. The van der Waals surface area contributed by atoms with E-state index in [9.17, 15) is 19.5 Å². The van der Waals surface area contributed by atoms with Crippen LogP contribution in [0.1, 0.15) is 50.7 Å². The van der Waals surface area contributed by atoms with E-state index in [4.69, 9.17) is 9.47 Å². The third-order valence-electron chi connectivity index (χ3n) is 6.75. The van der Waals surface area contributed by atoms with E-state index < -0.39 is 35.7 Å². The smallest absolute Gasteiger partial charge is 0.407 e. The number of carbonyl (C=O) groups excluding carboxylic acids is 2. The van der Waals surface area contributed by atoms with E-state index in [1.807, 2.05) is 45.0 Å². The highest BCUT2D eigenvalue weighted by Gasteiger charge is 2.37. The van der Waals surface area contributed by atoms with Gasteiger partial charge in [0.25, 0.3) is 0 Å². The molecule has 1 aliphatic heterocycles. The summed E-state index contributed by atoms with van der Waals surface area (Å²) in [4.78, 5) is 36.8. The monoisotopic (exact) mass is 480 g/mol. The number of carboxylic acid groups (broad SMARTS) is 1. The number of rotatable bonds is 7. The first kappa shape index (κ1) is 24.7. The second-order valence-corrected chi connectivity index (χ2v) is 10.2. The normalized spacial score (nSPS) is 20.0. The standard InChI is InChI=1S/C27H32N2O6/c1-27(2,3)22(14-23(30)28-21-12-13-34-24(21)25(31)32)29-26(33)35-15-20-18-10-6-4-8-16(18)17-9-5-7-11-19(17)20/h4-11,20-22,24H,12-15H2,1-3H3,(H,28,30)(H,29,33)(H,31,32)/t21-,22?,24+/m0/s1. The summed E-state index contributed by atoms with van der Waals surface area (Å²) < 4.78 is 10.8. The summed E-state index contributed by atoms with van der Waals surface area (Å²) in [6, 6.07) is 15.1. The summed E-state index contributed by atoms with van der Waals surface area (Å²) in [5.74, 6) is -1.50. The molecule has 0 spiro atoms. The summed E-state index contributed by atoms with van der Waals surface area (Å²) >= 11 is 0. The molecule has 2 amide bonds. The maximum atomic E-state index is 12.8. The Morgan fingerprint density at radius 3 is 2.23 bits per heavy atom. The van der Waals surface area contributed by atoms with Gasteiger partial charge in [-0.1, -0.05) is 69.3 Å². The van der Waals surface area contributed by atoms with Crippen LogP contribution in [0.3, 0.4) is 0 Å². The minimum absolute atomic E-state index is 0.00344. The average molecular weight is 481 g/mol. The number of benzene rings is 2. The van der Waals surface area contributed by atoms with Crippen molar-refractivity contribution in [1.82, 2.24) is 10.6 Å². The number of carboxylic acids is 1. The molecule has 2 aromatic carbocycles. The Morgan fingerprint density at radius 1 is 1.06 bits per heavy atom. The van der Waals surface area contributed by atoms with Gasteiger partial charge in [0.15, 0.2) is 6.10 Å². The Bertz CT molecular complexity index is 1060. The molecular formula is C27H32N2O6. The molecule has 1 aliphatic carbocycles. The Kier molecular flexibility index (Phi) is 7.12. The van der Waals surface area contributed by atoms with Gasteiger partial charge < -0.3 is 25.2 Å². The molecule has 1 fully saturated rings. The highest BCUT2D eigenvalue weighted by atomic mass is 16.5. The summed E-state index contributed by atoms with van der Waals surface area (Å²) in [6.45, 7) is 6.24. The van der Waals surface area contributed by atoms with Gasteiger partial charge in [0.05, 0.1) is 6.04 Å². The van der Waals surface area contributed by atoms with Gasteiger partial charge in [0, 0.05) is 25.0 Å². The van der Waals surface area contributed by atoms with Gasteiger partial charge >= 0.3 is 12.1 Å². The fourth-order valence-electron chi connectivity index (χ4n) is 4.79. The zero-order valence-corrected chi connectivity index (χ0v) is 20.2. The molecule has 1 saturated heterocycles. The lowest BCUT2D eigenvalue weighted by molar-refractivity contribution is -0.148. The first-order chi connectivity index (χ1) is 16.6. The lowest BCUT2D eigenvalue weighted by atomic mass is 9.84. The largest absolute Gasteiger partial charge is 0.479 e. The van der Waals surface area contributed by atoms with Crippen molar-refractivity contribution >= 4 is 18.0 Å². The third kappa shape index (κ3) is 5.48. The Balaban J connectivity index is 1.37. The van der Waals surface area contributed by atoms with Crippen molar-refractivity contribution in [3.05, 3.63) is 59.7 Å². The number of fused-ring (bicyclic) bond motifs is 3. The van der Waals surface area contributed by atoms with E-state index in [0.29, 0.717) is 6.42 Å². The van der Waals surface area contributed by atoms with Gasteiger partial charge in [-0.2, -0.15) is 0 Å². The predicted molar refractivity (Wildman–Crippen MR) is 130 cm³/mol. The molecule has 3 N–H and O–H groups in total. The summed E-state index contributed by atoms with van der Waals surface area (Å²) in [6.07, 6.45) is -1.21. The number of hydrogen-bond donors (Lipinski definition) is 3. The third-order valence-corrected chi connectivity index (χ3v) is 6.75. The average Bonchev–Trinajstić information content (AvgIpc) is 3.39. The van der Waals surface area contributed by atoms with E-state index in [-0.39, 0.29) is 31.5 Å². The number of alkyl carbamates (subject to hydrolysis) is 1. The van der Waals surface area contributed by atoms with Crippen molar-refractivity contribution < 1.29 is 29.0 Å². The van der Waals surface area contributed by atoms with Crippen LogP contribution in [-0.4, -0.2) is 54.5 Å². The van der Waals surface area contributed by atoms with Crippen LogP contribution >= 0.6 is 0 Å². The fraction of sp³-hybridized carbons (Fsp3) is 0.444. The van der Waals surface area contributed by atoms with Crippen molar-refractivity contribution in [3.63, 3.8) is 0 Å². The number of amides is 2. The molecule has 1 unspecified atom stereocenters. The molecule has 2 aromatic rings. The second kappa shape index (κ2) is 10.1. The highest BCUT2D eigenvalue weighted by Crippen LogP contribution is 2.44. The van der Waals surface area contributed by atoms with Crippen molar-refractivity contribution in [1.29, 1.82) is 0 Å². The first-order valence-corrected chi connectivity index (χ1v) is 11.9. The molecule has 186 valence electrons. The Morgan fingerprint density at radius 2 is 1.66 bits per heavy atom. The van der Waals surface area contributed by atoms with E-state index in [1.165, 1.54) is 0 Å². The second-order valence-electron chi connectivity index (χ2n) is 10.2. The predicted octanol–water partition coefficient (Wildman–Crippen LogP) is 3.69. The number of carbonyl (C=O) groups is 3. The van der Waals surface area contributed by atoms with E-state index in [2.05, 4.69) is 34.9 Å². The summed E-state index contributed by atoms with van der Waals surface area (Å²) in [7, 11) is 0. The van der Waals surface area contributed by atoms with Crippen LogP contribution in [0, 0.1) is 5.41 Å². The van der Waals surface area contributed by atoms with Gasteiger partial charge in [0.2, 0.25) is 5.91 Å². The Labute approximate surface area is 205 Å². The lowest BCUT2D eigenvalue weighted by Crippen LogP contribution is -2.50. The maximum Gasteiger partial charge on any atom is 0.407 e. The van der Waals surface area contributed by atoms with Crippen molar-refractivity contribution in [2.24, 2.45) is 5.41 Å². The van der Waals surface area contributed by atoms with E-state index in [1.54, 1.807) is 0 Å². The van der Waals surface area contributed by atoms with Crippen LogP contribution in [0.5, 0.6) is 0 Å². The zero-order chi connectivity index (χ0) is 25.2. The molecule has 0 bridgehead atoms. The molecule has 1 heterocycles. The molecule has 2 aliphatic rings. The Hall–Kier alpha value is -3.39. The molecule has 0 aromatic heterocycles. The number of nitrogens with one attached hydrogen (secondary N) is 2. The molecule has 3 atom stereocenters. The van der Waals surface area contributed by atoms with Crippen LogP contribution in [0.4, 0.5) is 4.79 Å². The molecular weight excluding hydrogens is 448 g/mol. The molecule has 35 heavy (non-hydrogen) atoms. The summed E-state index contributed by atoms with van der Waals surface area (Å²) in [5.41, 5.74) is 4.12. The minimum Gasteiger partial charge on any atom is -0.479 e. The maximum absolute atomic E-state index is 12.8. The van der Waals surface area contributed by atoms with Crippen molar-refractivity contribution in [2.75, 3.05) is 13.2 Å². The van der Waals surface area contributed by atoms with Crippen LogP contribution < -0.4 is 10.6 Å². The number of hydrogen-bond acceptors (Lipinski definition) is 5. The van der Waals surface area contributed by atoms with Gasteiger partial charge in [-0.05, 0) is 34.1 Å². The SMILES string of the molecule is CC(C)(C)C(CC(=O)N[C@H]1CCO[C@H]1C(=O)O)NC(=O)OCC1c2ccccc2-c2ccccc21. The highest BCUT2D eigenvalue weighted by molar-refractivity contribution is 5.81. The first-order valence-electron chi connectivity index (χ1n) is 11.9. The van der Waals surface area contributed by atoms with Crippen LogP contribution in [0.15, 0.2) is 48.5 Å².